The van der Waals surface area contributed by atoms with Gasteiger partial charge in [0.25, 0.3) is 0 Å². The number of nitrogens with two attached hydrogens (primary N) is 1. The Bertz CT molecular complexity index is 462. The molecule has 0 fully saturated rings. The summed E-state index contributed by atoms with van der Waals surface area (Å²) in [5.41, 5.74) is 5.86. The Morgan fingerprint density at radius 3 is 2.93 bits per heavy atom. The Labute approximate surface area is 93.4 Å². The number of aryl methyl sites for hydroxylation is 1. The molecule has 2 aromatic heterocycles. The second-order valence-electron chi connectivity index (χ2n) is 4.10. The van der Waals surface area contributed by atoms with Crippen molar-refractivity contribution in [3.8, 4) is 0 Å². The number of nitrogen functional groups attached to an aromatic ring is 1. The highest BCUT2D eigenvalue weighted by molar-refractivity contribution is 7.16. The van der Waals surface area contributed by atoms with Crippen molar-refractivity contribution in [2.45, 2.75) is 26.7 Å². The van der Waals surface area contributed by atoms with Crippen molar-refractivity contribution in [1.29, 1.82) is 0 Å². The van der Waals surface area contributed by atoms with Crippen LogP contribution in [0.3, 0.4) is 0 Å². The molecule has 0 saturated carbocycles. The molecule has 15 heavy (non-hydrogen) atoms. The number of fused-ring (bicyclic) bond motifs is 1. The Morgan fingerprint density at radius 2 is 2.20 bits per heavy atom. The Kier molecular flexibility index (Phi) is 2.86. The van der Waals surface area contributed by atoms with E-state index in [1.807, 2.05) is 11.4 Å². The molecule has 0 aliphatic heterocycles. The second kappa shape index (κ2) is 4.14. The van der Waals surface area contributed by atoms with E-state index in [1.54, 1.807) is 11.3 Å². The molecule has 3 nitrogen and oxygen atoms in total. The molecule has 2 N–H and O–H groups in total. The van der Waals surface area contributed by atoms with Gasteiger partial charge < -0.3 is 5.73 Å². The molecule has 2 heterocycles. The highest BCUT2D eigenvalue weighted by Gasteiger charge is 2.06. The van der Waals surface area contributed by atoms with Crippen molar-refractivity contribution < 1.29 is 0 Å². The van der Waals surface area contributed by atoms with Crippen LogP contribution in [0.15, 0.2) is 11.4 Å². The SMILES string of the molecule is CC(C)CCc1nc(N)c2ccsc2n1. The van der Waals surface area contributed by atoms with Gasteiger partial charge in [-0.2, -0.15) is 0 Å². The van der Waals surface area contributed by atoms with Crippen LogP contribution < -0.4 is 5.73 Å². The minimum Gasteiger partial charge on any atom is -0.383 e. The molecule has 0 aromatic carbocycles. The fourth-order valence-electron chi connectivity index (χ4n) is 1.45. The van der Waals surface area contributed by atoms with E-state index in [9.17, 15) is 0 Å². The van der Waals surface area contributed by atoms with Crippen LogP contribution >= 0.6 is 11.3 Å². The van der Waals surface area contributed by atoms with Gasteiger partial charge >= 0.3 is 0 Å². The van der Waals surface area contributed by atoms with Crippen molar-refractivity contribution in [2.24, 2.45) is 5.92 Å². The van der Waals surface area contributed by atoms with E-state index in [2.05, 4.69) is 23.8 Å². The monoisotopic (exact) mass is 221 g/mol. The van der Waals surface area contributed by atoms with Gasteiger partial charge in [-0.15, -0.1) is 11.3 Å². The summed E-state index contributed by atoms with van der Waals surface area (Å²) < 4.78 is 0. The number of rotatable bonds is 3. The first kappa shape index (κ1) is 10.4. The lowest BCUT2D eigenvalue weighted by Gasteiger charge is -2.04. The van der Waals surface area contributed by atoms with E-state index >= 15 is 0 Å². The summed E-state index contributed by atoms with van der Waals surface area (Å²) in [6.45, 7) is 4.40. The van der Waals surface area contributed by atoms with E-state index in [1.165, 1.54) is 0 Å². The molecule has 2 aromatic rings. The molecule has 0 spiro atoms. The van der Waals surface area contributed by atoms with Crippen molar-refractivity contribution >= 4 is 27.4 Å². The maximum atomic E-state index is 5.86. The largest absolute Gasteiger partial charge is 0.383 e. The molecule has 0 amide bonds. The fraction of sp³-hybridized carbons (Fsp3) is 0.455. The third-order valence-electron chi connectivity index (χ3n) is 2.35. The van der Waals surface area contributed by atoms with Gasteiger partial charge in [0.05, 0.1) is 5.39 Å². The number of hydrogen-bond acceptors (Lipinski definition) is 4. The van der Waals surface area contributed by atoms with Crippen molar-refractivity contribution in [1.82, 2.24) is 9.97 Å². The quantitative estimate of drug-likeness (QED) is 0.867. The molecular weight excluding hydrogens is 206 g/mol. The van der Waals surface area contributed by atoms with Crippen LogP contribution in [0.1, 0.15) is 26.1 Å². The van der Waals surface area contributed by atoms with Crippen LogP contribution in [0.4, 0.5) is 5.82 Å². The molecule has 0 saturated heterocycles. The van der Waals surface area contributed by atoms with Crippen LogP contribution in [0.2, 0.25) is 0 Å². The highest BCUT2D eigenvalue weighted by atomic mass is 32.1. The van der Waals surface area contributed by atoms with Crippen molar-refractivity contribution in [3.63, 3.8) is 0 Å². The Hall–Kier alpha value is -1.16. The molecule has 0 bridgehead atoms. The third kappa shape index (κ3) is 2.26. The van der Waals surface area contributed by atoms with Gasteiger partial charge in [-0.25, -0.2) is 9.97 Å². The zero-order valence-corrected chi connectivity index (χ0v) is 9.84. The van der Waals surface area contributed by atoms with Crippen molar-refractivity contribution in [3.05, 3.63) is 17.3 Å². The van der Waals surface area contributed by atoms with Gasteiger partial charge in [0, 0.05) is 6.42 Å². The summed E-state index contributed by atoms with van der Waals surface area (Å²) in [6.07, 6.45) is 2.02. The second-order valence-corrected chi connectivity index (χ2v) is 4.99. The van der Waals surface area contributed by atoms with E-state index in [0.29, 0.717) is 11.7 Å². The van der Waals surface area contributed by atoms with Gasteiger partial charge in [-0.3, -0.25) is 0 Å². The maximum absolute atomic E-state index is 5.86. The normalized spacial score (nSPS) is 11.4. The Balaban J connectivity index is 2.28. The van der Waals surface area contributed by atoms with Crippen LogP contribution in [-0.4, -0.2) is 9.97 Å². The Morgan fingerprint density at radius 1 is 1.40 bits per heavy atom. The van der Waals surface area contributed by atoms with Crippen LogP contribution in [0.25, 0.3) is 10.2 Å². The van der Waals surface area contributed by atoms with Crippen molar-refractivity contribution in [2.75, 3.05) is 5.73 Å². The molecule has 0 atom stereocenters. The smallest absolute Gasteiger partial charge is 0.135 e. The average Bonchev–Trinajstić information content (AvgIpc) is 2.63. The topological polar surface area (TPSA) is 51.8 Å². The van der Waals surface area contributed by atoms with E-state index in [4.69, 9.17) is 5.73 Å². The highest BCUT2D eigenvalue weighted by Crippen LogP contribution is 2.23. The summed E-state index contributed by atoms with van der Waals surface area (Å²) in [7, 11) is 0. The minimum atomic E-state index is 0.611. The van der Waals surface area contributed by atoms with Gasteiger partial charge in [-0.1, -0.05) is 13.8 Å². The number of nitrogens with zero attached hydrogens (tertiary/aromatic N) is 2. The average molecular weight is 221 g/mol. The molecular formula is C11H15N3S. The third-order valence-corrected chi connectivity index (χ3v) is 3.15. The zero-order chi connectivity index (χ0) is 10.8. The van der Waals surface area contributed by atoms with Gasteiger partial charge in [0.2, 0.25) is 0 Å². The summed E-state index contributed by atoms with van der Waals surface area (Å²) in [5.74, 6) is 2.16. The van der Waals surface area contributed by atoms with Crippen LogP contribution in [0.5, 0.6) is 0 Å². The molecule has 0 unspecified atom stereocenters. The summed E-state index contributed by atoms with van der Waals surface area (Å²) in [5, 5.41) is 2.98. The molecule has 0 aliphatic carbocycles. The van der Waals surface area contributed by atoms with E-state index in [0.717, 1.165) is 28.9 Å². The van der Waals surface area contributed by atoms with Crippen LogP contribution in [0, 0.1) is 5.92 Å². The summed E-state index contributed by atoms with van der Waals surface area (Å²) in [6, 6.07) is 1.97. The predicted octanol–water partition coefficient (Wildman–Crippen LogP) is 2.86. The van der Waals surface area contributed by atoms with E-state index in [-0.39, 0.29) is 0 Å². The molecule has 4 heteroatoms. The molecule has 0 aliphatic rings. The maximum Gasteiger partial charge on any atom is 0.135 e. The van der Waals surface area contributed by atoms with Gasteiger partial charge in [0.1, 0.15) is 16.5 Å². The molecule has 2 rings (SSSR count). The first-order valence-corrected chi connectivity index (χ1v) is 6.04. The van der Waals surface area contributed by atoms with Gasteiger partial charge in [0.15, 0.2) is 0 Å². The number of anilines is 1. The number of aromatic nitrogens is 2. The number of hydrogen-bond donors (Lipinski definition) is 1. The van der Waals surface area contributed by atoms with Gasteiger partial charge in [-0.05, 0) is 23.8 Å². The molecule has 0 radical (unpaired) electrons. The predicted molar refractivity (Wildman–Crippen MR) is 65.0 cm³/mol. The lowest BCUT2D eigenvalue weighted by atomic mass is 10.1. The zero-order valence-electron chi connectivity index (χ0n) is 9.03. The van der Waals surface area contributed by atoms with E-state index < -0.39 is 0 Å². The summed E-state index contributed by atoms with van der Waals surface area (Å²) >= 11 is 1.62. The summed E-state index contributed by atoms with van der Waals surface area (Å²) in [4.78, 5) is 9.82. The standard InChI is InChI=1S/C11H15N3S/c1-7(2)3-4-9-13-10(12)8-5-6-15-11(8)14-9/h5-7H,3-4H2,1-2H3,(H2,12,13,14). The lowest BCUT2D eigenvalue weighted by molar-refractivity contribution is 0.576. The minimum absolute atomic E-state index is 0.611. The lowest BCUT2D eigenvalue weighted by Crippen LogP contribution is -2.01. The molecule has 80 valence electrons. The number of thiophene rings is 1. The first-order chi connectivity index (χ1) is 7.16. The fourth-order valence-corrected chi connectivity index (χ4v) is 2.24. The van der Waals surface area contributed by atoms with Crippen LogP contribution in [-0.2, 0) is 6.42 Å². The first-order valence-electron chi connectivity index (χ1n) is 5.16.